The number of hydrogen-bond acceptors (Lipinski definition) is 2. The van der Waals surface area contributed by atoms with Gasteiger partial charge in [-0.2, -0.15) is 0 Å². The van der Waals surface area contributed by atoms with Crippen molar-refractivity contribution in [2.75, 3.05) is 0 Å². The molecule has 0 aliphatic heterocycles. The Bertz CT molecular complexity index is 740. The van der Waals surface area contributed by atoms with E-state index in [1.54, 1.807) is 18.3 Å². The second-order valence-corrected chi connectivity index (χ2v) is 4.01. The van der Waals surface area contributed by atoms with Crippen molar-refractivity contribution >= 4 is 41.8 Å². The number of benzene rings is 1. The standard InChI is InChI=1S/C14H11N3O.2ClH/c15-13(18)11-4-2-1-3-9(11)10-5-7-16-14-12(10)6-8-17-14;;/h1-8H,(H2,15,18)(H,16,17);2*1H. The maximum absolute atomic E-state index is 11.5. The van der Waals surface area contributed by atoms with Crippen molar-refractivity contribution in [2.24, 2.45) is 5.73 Å². The molecule has 3 rings (SSSR count). The van der Waals surface area contributed by atoms with Gasteiger partial charge < -0.3 is 10.7 Å². The Morgan fingerprint density at radius 3 is 2.55 bits per heavy atom. The molecule has 1 aromatic carbocycles. The molecule has 0 aliphatic rings. The Kier molecular flexibility index (Phi) is 5.13. The molecule has 3 N–H and O–H groups in total. The zero-order chi connectivity index (χ0) is 12.5. The predicted octanol–water partition coefficient (Wildman–Crippen LogP) is 3.17. The first-order valence-corrected chi connectivity index (χ1v) is 5.58. The van der Waals surface area contributed by atoms with Gasteiger partial charge in [0.1, 0.15) is 5.65 Å². The maximum Gasteiger partial charge on any atom is 0.249 e. The summed E-state index contributed by atoms with van der Waals surface area (Å²) in [5.41, 5.74) is 8.51. The van der Waals surface area contributed by atoms with Gasteiger partial charge in [0.25, 0.3) is 0 Å². The molecule has 3 aromatic rings. The van der Waals surface area contributed by atoms with E-state index in [1.807, 2.05) is 30.5 Å². The maximum atomic E-state index is 11.5. The number of amides is 1. The van der Waals surface area contributed by atoms with Gasteiger partial charge in [0.15, 0.2) is 0 Å². The second-order valence-electron chi connectivity index (χ2n) is 4.01. The van der Waals surface area contributed by atoms with Gasteiger partial charge in [0.2, 0.25) is 5.91 Å². The Labute approximate surface area is 128 Å². The molecule has 1 amide bonds. The number of carbonyl (C=O) groups is 1. The normalized spacial score (nSPS) is 9.60. The van der Waals surface area contributed by atoms with Crippen LogP contribution in [0.25, 0.3) is 22.2 Å². The number of carbonyl (C=O) groups excluding carboxylic acids is 1. The van der Waals surface area contributed by atoms with E-state index in [0.717, 1.165) is 22.2 Å². The van der Waals surface area contributed by atoms with Crippen molar-refractivity contribution in [3.05, 3.63) is 54.4 Å². The molecule has 0 bridgehead atoms. The third-order valence-electron chi connectivity index (χ3n) is 2.94. The van der Waals surface area contributed by atoms with Gasteiger partial charge in [-0.05, 0) is 29.3 Å². The smallest absolute Gasteiger partial charge is 0.249 e. The van der Waals surface area contributed by atoms with Crippen molar-refractivity contribution in [3.8, 4) is 11.1 Å². The van der Waals surface area contributed by atoms with E-state index < -0.39 is 5.91 Å². The zero-order valence-corrected chi connectivity index (χ0v) is 12.0. The molecule has 4 nitrogen and oxygen atoms in total. The summed E-state index contributed by atoms with van der Waals surface area (Å²) in [4.78, 5) is 18.7. The minimum absolute atomic E-state index is 0. The van der Waals surface area contributed by atoms with Crippen molar-refractivity contribution in [1.29, 1.82) is 0 Å². The predicted molar refractivity (Wildman–Crippen MR) is 84.5 cm³/mol. The lowest BCUT2D eigenvalue weighted by Gasteiger charge is -2.07. The lowest BCUT2D eigenvalue weighted by Crippen LogP contribution is -2.12. The number of aromatic nitrogens is 2. The van der Waals surface area contributed by atoms with Crippen LogP contribution in [0.5, 0.6) is 0 Å². The Balaban J connectivity index is 0.000001000. The van der Waals surface area contributed by atoms with Crippen LogP contribution in [-0.2, 0) is 0 Å². The van der Waals surface area contributed by atoms with Crippen molar-refractivity contribution in [2.45, 2.75) is 0 Å². The summed E-state index contributed by atoms with van der Waals surface area (Å²) < 4.78 is 0. The molecule has 2 aromatic heterocycles. The topological polar surface area (TPSA) is 71.8 Å². The SMILES string of the molecule is Cl.Cl.NC(=O)c1ccccc1-c1ccnc2[nH]ccc12. The molecule has 20 heavy (non-hydrogen) atoms. The van der Waals surface area contributed by atoms with Gasteiger partial charge in [0, 0.05) is 23.3 Å². The lowest BCUT2D eigenvalue weighted by molar-refractivity contribution is 0.100. The van der Waals surface area contributed by atoms with E-state index in [1.165, 1.54) is 0 Å². The largest absolute Gasteiger partial charge is 0.366 e. The summed E-state index contributed by atoms with van der Waals surface area (Å²) >= 11 is 0. The van der Waals surface area contributed by atoms with Gasteiger partial charge in [0.05, 0.1) is 0 Å². The molecule has 0 radical (unpaired) electrons. The van der Waals surface area contributed by atoms with Crippen LogP contribution in [0.1, 0.15) is 10.4 Å². The third kappa shape index (κ3) is 2.61. The average molecular weight is 310 g/mol. The highest BCUT2D eigenvalue weighted by molar-refractivity contribution is 6.04. The van der Waals surface area contributed by atoms with Crippen molar-refractivity contribution in [3.63, 3.8) is 0 Å². The van der Waals surface area contributed by atoms with Gasteiger partial charge in [-0.25, -0.2) is 4.98 Å². The van der Waals surface area contributed by atoms with E-state index in [2.05, 4.69) is 9.97 Å². The molecule has 0 saturated heterocycles. The number of halogens is 2. The fraction of sp³-hybridized carbons (Fsp3) is 0. The van der Waals surface area contributed by atoms with Gasteiger partial charge >= 0.3 is 0 Å². The Hall–Kier alpha value is -2.04. The minimum atomic E-state index is -0.425. The highest BCUT2D eigenvalue weighted by atomic mass is 35.5. The average Bonchev–Trinajstić information content (AvgIpc) is 2.86. The van der Waals surface area contributed by atoms with E-state index in [9.17, 15) is 4.79 Å². The lowest BCUT2D eigenvalue weighted by atomic mass is 9.98. The van der Waals surface area contributed by atoms with Crippen LogP contribution in [0.4, 0.5) is 0 Å². The number of nitrogens with one attached hydrogen (secondary N) is 1. The molecule has 0 fully saturated rings. The number of primary amides is 1. The van der Waals surface area contributed by atoms with Crippen LogP contribution in [0.3, 0.4) is 0 Å². The summed E-state index contributed by atoms with van der Waals surface area (Å²) in [6, 6.07) is 11.1. The number of H-pyrrole nitrogens is 1. The molecule has 6 heteroatoms. The number of aromatic amines is 1. The van der Waals surface area contributed by atoms with Crippen LogP contribution in [0, 0.1) is 0 Å². The fourth-order valence-electron chi connectivity index (χ4n) is 2.13. The van der Waals surface area contributed by atoms with Crippen LogP contribution in [-0.4, -0.2) is 15.9 Å². The van der Waals surface area contributed by atoms with Crippen LogP contribution < -0.4 is 5.73 Å². The number of nitrogens with zero attached hydrogens (tertiary/aromatic N) is 1. The van der Waals surface area contributed by atoms with Gasteiger partial charge in [-0.3, -0.25) is 4.79 Å². The number of pyridine rings is 1. The summed E-state index contributed by atoms with van der Waals surface area (Å²) in [5, 5.41) is 0.978. The molecule has 104 valence electrons. The van der Waals surface area contributed by atoms with Crippen LogP contribution >= 0.6 is 24.8 Å². The third-order valence-corrected chi connectivity index (χ3v) is 2.94. The summed E-state index contributed by atoms with van der Waals surface area (Å²) in [6.45, 7) is 0. The van der Waals surface area contributed by atoms with Gasteiger partial charge in [-0.1, -0.05) is 18.2 Å². The summed E-state index contributed by atoms with van der Waals surface area (Å²) in [6.07, 6.45) is 3.54. The minimum Gasteiger partial charge on any atom is -0.366 e. The molecular weight excluding hydrogens is 297 g/mol. The molecule has 2 heterocycles. The quantitative estimate of drug-likeness (QED) is 0.763. The number of rotatable bonds is 2. The molecule has 0 aliphatic carbocycles. The van der Waals surface area contributed by atoms with Gasteiger partial charge in [-0.15, -0.1) is 24.8 Å². The van der Waals surface area contributed by atoms with Crippen molar-refractivity contribution < 1.29 is 4.79 Å². The first-order chi connectivity index (χ1) is 8.77. The molecule has 0 spiro atoms. The van der Waals surface area contributed by atoms with Crippen LogP contribution in [0.2, 0.25) is 0 Å². The highest BCUT2D eigenvalue weighted by Crippen LogP contribution is 2.29. The molecule has 0 atom stereocenters. The van der Waals surface area contributed by atoms with E-state index >= 15 is 0 Å². The number of fused-ring (bicyclic) bond motifs is 1. The van der Waals surface area contributed by atoms with E-state index in [0.29, 0.717) is 5.56 Å². The Morgan fingerprint density at radius 2 is 1.80 bits per heavy atom. The molecule has 0 unspecified atom stereocenters. The molecular formula is C14H13Cl2N3O. The first-order valence-electron chi connectivity index (χ1n) is 5.58. The number of nitrogens with two attached hydrogens (primary N) is 1. The van der Waals surface area contributed by atoms with E-state index in [4.69, 9.17) is 5.73 Å². The Morgan fingerprint density at radius 1 is 1.05 bits per heavy atom. The second kappa shape index (κ2) is 6.41. The number of hydrogen-bond donors (Lipinski definition) is 2. The fourth-order valence-corrected chi connectivity index (χ4v) is 2.13. The molecule has 0 saturated carbocycles. The summed E-state index contributed by atoms with van der Waals surface area (Å²) in [7, 11) is 0. The zero-order valence-electron chi connectivity index (χ0n) is 10.4. The van der Waals surface area contributed by atoms with Crippen LogP contribution in [0.15, 0.2) is 48.8 Å². The highest BCUT2D eigenvalue weighted by Gasteiger charge is 2.12. The van der Waals surface area contributed by atoms with Crippen molar-refractivity contribution in [1.82, 2.24) is 9.97 Å². The summed E-state index contributed by atoms with van der Waals surface area (Å²) in [5.74, 6) is -0.425. The monoisotopic (exact) mass is 309 g/mol. The first kappa shape index (κ1) is 16.0. The van der Waals surface area contributed by atoms with E-state index in [-0.39, 0.29) is 24.8 Å².